The van der Waals surface area contributed by atoms with Crippen molar-refractivity contribution in [2.75, 3.05) is 0 Å². The zero-order valence-electron chi connectivity index (χ0n) is 46.4. The number of hydrogen-bond acceptors (Lipinski definition) is 2. The molecule has 0 N–H and O–H groups in total. The van der Waals surface area contributed by atoms with Gasteiger partial charge >= 0.3 is 0 Å². The van der Waals surface area contributed by atoms with E-state index >= 15 is 0 Å². The summed E-state index contributed by atoms with van der Waals surface area (Å²) in [7, 11) is -24.9. The van der Waals surface area contributed by atoms with E-state index in [1.165, 1.54) is 0 Å². The topological polar surface area (TPSA) is 24.7 Å². The first-order chi connectivity index (χ1) is 24.8. The summed E-state index contributed by atoms with van der Waals surface area (Å²) in [5.41, 5.74) is 11.1. The highest BCUT2D eigenvalue weighted by atomic mass is 29.8. The minimum absolute atomic E-state index is 0.722. The molecule has 0 aliphatic carbocycles. The second-order valence-electron chi connectivity index (χ2n) is 30.4. The lowest BCUT2D eigenvalue weighted by Gasteiger charge is -2.65. The highest BCUT2D eigenvalue weighted by Crippen LogP contribution is 2.60. The van der Waals surface area contributed by atoms with Gasteiger partial charge in [-0.2, -0.15) is 0 Å². The SMILES string of the molecule is CC(C)[Si](C([Si](C)(C)C)[Si](C)(C)C)(C([Si](C)(C)C)[Si](C)(C)C)[Si](=C=N[Si](C)(C)C)[Si](=C=N[Si](C)(C)C)[Si](C(C)C)(C([Si](C)(C)C)[Si](C)(C)C)C([Si](C)(C)C)[Si](C)(C)C. The molecule has 0 aromatic heterocycles. The summed E-state index contributed by atoms with van der Waals surface area (Å²) >= 11 is 0. The molecular weight excluding hydrogens is 926 g/mol. The Labute approximate surface area is 382 Å². The number of hydrogen-bond donors (Lipinski definition) is 0. The summed E-state index contributed by atoms with van der Waals surface area (Å²) in [5.74, 6) is 0. The third-order valence-corrected chi connectivity index (χ3v) is 129. The van der Waals surface area contributed by atoms with Crippen molar-refractivity contribution in [2.24, 2.45) is 9.32 Å². The summed E-state index contributed by atoms with van der Waals surface area (Å²) in [6.07, 6.45) is 0. The Balaban J connectivity index is 11.3. The zero-order valence-corrected chi connectivity index (χ0v) is 60.4. The van der Waals surface area contributed by atoms with Gasteiger partial charge in [-0.15, -0.1) is 0 Å². The Morgan fingerprint density at radius 3 is 0.500 bits per heavy atom. The van der Waals surface area contributed by atoms with Gasteiger partial charge in [0.2, 0.25) is 0 Å². The average Bonchev–Trinajstić information content (AvgIpc) is 2.81. The van der Waals surface area contributed by atoms with Gasteiger partial charge in [0.15, 0.2) is 16.5 Å². The Bertz CT molecular complexity index is 1280. The predicted molar refractivity (Wildman–Crippen MR) is 317 cm³/mol. The van der Waals surface area contributed by atoms with Crippen molar-refractivity contribution in [1.82, 2.24) is 0 Å². The van der Waals surface area contributed by atoms with E-state index in [1.54, 1.807) is 0 Å². The molecule has 0 aliphatic rings. The van der Waals surface area contributed by atoms with Crippen molar-refractivity contribution in [3.8, 4) is 0 Å². The van der Waals surface area contributed by atoms with Crippen LogP contribution >= 0.6 is 0 Å². The van der Waals surface area contributed by atoms with Crippen LogP contribution in [0.25, 0.3) is 0 Å². The maximum atomic E-state index is 6.06. The average molecular weight is 1030 g/mol. The molecule has 58 heavy (non-hydrogen) atoms. The van der Waals surface area contributed by atoms with Gasteiger partial charge in [0.25, 0.3) is 0 Å². The van der Waals surface area contributed by atoms with E-state index in [1.807, 2.05) is 0 Å². The van der Waals surface area contributed by atoms with E-state index in [0.29, 0.717) is 0 Å². The molecule has 0 saturated heterocycles. The molecule has 0 spiro atoms. The molecule has 0 amide bonds. The molecule has 0 fully saturated rings. The van der Waals surface area contributed by atoms with Crippen molar-refractivity contribution in [3.05, 3.63) is 0 Å². The van der Waals surface area contributed by atoms with Crippen LogP contribution in [-0.4, -0.2) is 122 Å². The molecule has 0 saturated carbocycles. The van der Waals surface area contributed by atoms with Crippen molar-refractivity contribution in [3.63, 3.8) is 0 Å². The van der Waals surface area contributed by atoms with Crippen LogP contribution in [0.5, 0.6) is 0 Å². The molecule has 16 heteroatoms. The highest BCUT2D eigenvalue weighted by molar-refractivity contribution is 7.77. The second-order valence-corrected chi connectivity index (χ2v) is 113. The van der Waals surface area contributed by atoms with Crippen LogP contribution in [0.3, 0.4) is 0 Å². The first-order valence-electron chi connectivity index (χ1n) is 23.5. The standard InChI is InChI=1S/C42H108N2Si14/c1-37(2)57(39(47(5,6)7)48(8,9)10,40(49(11,12)13)50(14,15)16)45(35-43-55(29,30)31)46(36-44-56(32,33)34)58(38(3)4,41(51(17,18)19)52(20,21)22)42(53(23,24)25)54(26,27)28/h37-42H,1-34H3. The molecule has 0 aromatic rings. The Morgan fingerprint density at radius 2 is 0.414 bits per heavy atom. The van der Waals surface area contributed by atoms with Crippen LogP contribution in [0.15, 0.2) is 9.32 Å². The predicted octanol–water partition coefficient (Wildman–Crippen LogP) is 16.1. The largest absolute Gasteiger partial charge is 0.291 e. The molecule has 0 unspecified atom stereocenters. The van der Waals surface area contributed by atoms with E-state index in [-0.39, 0.29) is 0 Å². The fourth-order valence-electron chi connectivity index (χ4n) is 14.9. The maximum absolute atomic E-state index is 6.06. The number of rotatable bonds is 19. The van der Waals surface area contributed by atoms with Crippen LogP contribution in [0, 0.1) is 0 Å². The van der Waals surface area contributed by atoms with E-state index in [0.717, 1.165) is 30.2 Å². The van der Waals surface area contributed by atoms with Crippen LogP contribution in [0.2, 0.25) is 227 Å². The van der Waals surface area contributed by atoms with E-state index in [4.69, 9.17) is 20.2 Å². The lowest BCUT2D eigenvalue weighted by Crippen LogP contribution is -2.82. The smallest absolute Gasteiger partial charge is 0.183 e. The minimum atomic E-state index is -2.35. The van der Waals surface area contributed by atoms with Crippen LogP contribution in [-0.2, 0) is 0 Å². The zero-order chi connectivity index (χ0) is 47.4. The van der Waals surface area contributed by atoms with Crippen LogP contribution in [0.1, 0.15) is 27.7 Å². The van der Waals surface area contributed by atoms with Crippen molar-refractivity contribution in [2.45, 2.75) is 254 Å². The Morgan fingerprint density at radius 1 is 0.276 bits per heavy atom. The third-order valence-electron chi connectivity index (χ3n) is 12.9. The summed E-state index contributed by atoms with van der Waals surface area (Å²) < 4.78 is 12.1. The second kappa shape index (κ2) is 19.2. The minimum Gasteiger partial charge on any atom is -0.291 e. The van der Waals surface area contributed by atoms with Gasteiger partial charge in [0.1, 0.15) is 0 Å². The van der Waals surface area contributed by atoms with Gasteiger partial charge < -0.3 is 0 Å². The van der Waals surface area contributed by atoms with Crippen LogP contribution in [0.4, 0.5) is 0 Å². The first kappa shape index (κ1) is 60.2. The van der Waals surface area contributed by atoms with Gasteiger partial charge in [-0.25, -0.2) is 0 Å². The molecule has 0 heterocycles. The summed E-state index contributed by atoms with van der Waals surface area (Å²) in [4.78, 5) is 3.71. The normalized spacial score (nSPS) is 15.5. The first-order valence-corrected chi connectivity index (χ1v) is 69.5. The lowest BCUT2D eigenvalue weighted by atomic mass is 10.6. The summed E-state index contributed by atoms with van der Waals surface area (Å²) in [5, 5.41) is 0. The van der Waals surface area contributed by atoms with Gasteiger partial charge in [-0.05, 0) is 39.3 Å². The molecular formula is C42H108N2Si14. The van der Waals surface area contributed by atoms with Gasteiger partial charge in [0.05, 0.1) is 30.1 Å². The van der Waals surface area contributed by atoms with Crippen molar-refractivity contribution >= 4 is 122 Å². The van der Waals surface area contributed by atoms with Gasteiger partial charge in [-0.1, -0.05) is 226 Å². The molecule has 0 aromatic carbocycles. The quantitative estimate of drug-likeness (QED) is 0.0910. The maximum Gasteiger partial charge on any atom is 0.183 e. The number of nitrogens with zero attached hydrogens (tertiary/aromatic N) is 2. The molecule has 0 atom stereocenters. The fraction of sp³-hybridized carbons (Fsp3) is 0.952. The lowest BCUT2D eigenvalue weighted by molar-refractivity contribution is 0.987. The Hall–Kier alpha value is 2.20. The molecule has 2 nitrogen and oxygen atoms in total. The Kier molecular flexibility index (Phi) is 19.9. The monoisotopic (exact) mass is 1030 g/mol. The molecule has 0 bridgehead atoms. The molecule has 0 radical (unpaired) electrons. The third kappa shape index (κ3) is 14.6. The van der Waals surface area contributed by atoms with Gasteiger partial charge in [0, 0.05) is 64.6 Å². The summed E-state index contributed by atoms with van der Waals surface area (Å²) in [6.45, 7) is 95.2. The van der Waals surface area contributed by atoms with Gasteiger partial charge in [-0.3, -0.25) is 9.32 Å². The van der Waals surface area contributed by atoms with E-state index < -0.39 is 111 Å². The van der Waals surface area contributed by atoms with E-state index in [9.17, 15) is 0 Å². The fourth-order valence-corrected chi connectivity index (χ4v) is 225. The molecule has 0 rings (SSSR count). The van der Waals surface area contributed by atoms with E-state index in [2.05, 4.69) is 224 Å². The van der Waals surface area contributed by atoms with Crippen molar-refractivity contribution < 1.29 is 0 Å². The summed E-state index contributed by atoms with van der Waals surface area (Å²) in [6, 6.07) is 0. The highest BCUT2D eigenvalue weighted by Gasteiger charge is 2.71. The molecule has 342 valence electrons. The van der Waals surface area contributed by atoms with Crippen LogP contribution < -0.4 is 0 Å². The molecule has 0 aliphatic heterocycles. The van der Waals surface area contributed by atoms with Crippen molar-refractivity contribution in [1.29, 1.82) is 0 Å².